The number of hydrogen-bond acceptors (Lipinski definition) is 0. The van der Waals surface area contributed by atoms with Crippen LogP contribution >= 0.6 is 0 Å². The molecule has 1 heterocycles. The standard InChI is InChI=1S/C56H92N2.2CH3.Ni/c1-8-15-22-28-35-46-41-51(42-47(36-29-23-16-9-2)53(46)39-32-26-19-12-5)55-45-50(34-21-14-7)56(58(55)57)52-43-48(37-30-24-17-10-3)54(40-33-27-20-13-6)49(44-52)38-31-25-18-11-4;;;/h41-45H,8-40H2,1-7H3;2*1H3;/q;2*-1;+2. The van der Waals surface area contributed by atoms with Crippen LogP contribution in [0.1, 0.15) is 266 Å². The van der Waals surface area contributed by atoms with Gasteiger partial charge in [0.25, 0.3) is 0 Å². The molecule has 0 fully saturated rings. The zero-order chi connectivity index (χ0) is 41.8. The fraction of sp³-hybridized carbons (Fsp3) is 0.690. The minimum atomic E-state index is 0. The third-order valence-electron chi connectivity index (χ3n) is 13.1. The molecule has 3 rings (SSSR count). The Kier molecular flexibility index (Phi) is 35.2. The van der Waals surface area contributed by atoms with Crippen LogP contribution in [-0.2, 0) is 55.0 Å². The fourth-order valence-electron chi connectivity index (χ4n) is 9.46. The Hall–Kier alpha value is -1.99. The number of aryl methyl sites for hydroxylation is 4. The van der Waals surface area contributed by atoms with E-state index >= 15 is 0 Å². The maximum Gasteiger partial charge on any atom is 2.00 e. The molecule has 2 aromatic carbocycles. The van der Waals surface area contributed by atoms with Crippen molar-refractivity contribution in [1.82, 2.24) is 0 Å². The molecule has 0 unspecified atom stereocenters. The van der Waals surface area contributed by atoms with Crippen molar-refractivity contribution in [3.05, 3.63) is 101 Å². The number of rotatable bonds is 35. The number of unbranched alkanes of at least 4 members (excludes halogenated alkanes) is 19. The Morgan fingerprint density at radius 3 is 0.967 bits per heavy atom. The molecule has 0 bridgehead atoms. The zero-order valence-corrected chi connectivity index (χ0v) is 42.9. The van der Waals surface area contributed by atoms with Crippen LogP contribution in [0.5, 0.6) is 0 Å². The van der Waals surface area contributed by atoms with E-state index in [4.69, 9.17) is 0 Å². The normalized spacial score (nSPS) is 12.4. The van der Waals surface area contributed by atoms with Crippen molar-refractivity contribution in [2.24, 2.45) is 0 Å². The van der Waals surface area contributed by atoms with Gasteiger partial charge in [-0.15, -0.1) is 0 Å². The second-order valence-electron chi connectivity index (χ2n) is 18.2. The van der Waals surface area contributed by atoms with Crippen LogP contribution in [0.2, 0.25) is 0 Å². The van der Waals surface area contributed by atoms with Crippen molar-refractivity contribution in [3.63, 3.8) is 0 Å². The van der Waals surface area contributed by atoms with E-state index in [1.807, 2.05) is 0 Å². The van der Waals surface area contributed by atoms with E-state index in [-0.39, 0.29) is 31.3 Å². The van der Waals surface area contributed by atoms with Crippen LogP contribution in [0.25, 0.3) is 16.9 Å². The van der Waals surface area contributed by atoms with Gasteiger partial charge in [-0.05, 0) is 148 Å². The average molecular weight is 882 g/mol. The van der Waals surface area contributed by atoms with E-state index in [2.05, 4.69) is 78.8 Å². The Morgan fingerprint density at radius 2 is 0.656 bits per heavy atom. The van der Waals surface area contributed by atoms with Gasteiger partial charge in [-0.1, -0.05) is 170 Å². The molecule has 0 aliphatic carbocycles. The Balaban J connectivity index is 0.0000120. The molecule has 1 aliphatic heterocycles. The summed E-state index contributed by atoms with van der Waals surface area (Å²) in [7, 11) is 0. The minimum absolute atomic E-state index is 0. The molecule has 350 valence electrons. The Labute approximate surface area is 391 Å². The molecule has 0 aromatic heterocycles. The molecule has 3 heteroatoms. The molecule has 0 N–H and O–H groups in total. The van der Waals surface area contributed by atoms with Gasteiger partial charge in [-0.3, -0.25) is 0 Å². The first-order chi connectivity index (χ1) is 28.5. The summed E-state index contributed by atoms with van der Waals surface area (Å²) in [5, 5.41) is 0. The third kappa shape index (κ3) is 20.6. The molecule has 0 spiro atoms. The van der Waals surface area contributed by atoms with Gasteiger partial charge in [0.2, 0.25) is 11.4 Å². The molecule has 1 aliphatic rings. The second-order valence-corrected chi connectivity index (χ2v) is 18.2. The van der Waals surface area contributed by atoms with E-state index in [1.54, 1.807) is 38.1 Å². The quantitative estimate of drug-likeness (QED) is 0.0285. The monoisotopic (exact) mass is 881 g/mol. The van der Waals surface area contributed by atoms with Crippen molar-refractivity contribution < 1.29 is 21.2 Å². The van der Waals surface area contributed by atoms with Crippen molar-refractivity contribution in [2.45, 2.75) is 260 Å². The van der Waals surface area contributed by atoms with Gasteiger partial charge < -0.3 is 20.4 Å². The van der Waals surface area contributed by atoms with E-state index < -0.39 is 0 Å². The molecular weight excluding hydrogens is 783 g/mol. The summed E-state index contributed by atoms with van der Waals surface area (Å²) < 4.78 is 1.65. The summed E-state index contributed by atoms with van der Waals surface area (Å²) in [6, 6.07) is 10.1. The SMILES string of the molecule is CCCCCCc1cc(C2=CC(CCCC)=C(c3cc(CCCCCC)c(CCCCCC)c(CCCCCC)c3)[N+]2=[N-])cc(CCCCCC)c1CCCCCC.[CH3-].[CH3-].[Ni+2]. The van der Waals surface area contributed by atoms with Gasteiger partial charge in [-0.2, -0.15) is 0 Å². The topological polar surface area (TPSA) is 25.3 Å². The fourth-order valence-corrected chi connectivity index (χ4v) is 9.46. The number of nitrogens with zero attached hydrogens (tertiary/aromatic N) is 2. The van der Waals surface area contributed by atoms with E-state index in [9.17, 15) is 5.53 Å². The molecular formula is C58H98N2Ni. The van der Waals surface area contributed by atoms with Crippen molar-refractivity contribution in [3.8, 4) is 0 Å². The molecule has 2 aromatic rings. The maximum atomic E-state index is 12.6. The summed E-state index contributed by atoms with van der Waals surface area (Å²) >= 11 is 0. The molecule has 61 heavy (non-hydrogen) atoms. The predicted molar refractivity (Wildman–Crippen MR) is 271 cm³/mol. The van der Waals surface area contributed by atoms with Gasteiger partial charge in [0, 0.05) is 22.8 Å². The number of benzene rings is 2. The largest absolute Gasteiger partial charge is 2.00 e. The zero-order valence-electron chi connectivity index (χ0n) is 41.9. The number of allylic oxidation sites excluding steroid dienone is 2. The van der Waals surface area contributed by atoms with Gasteiger partial charge in [0.1, 0.15) is 0 Å². The Bertz CT molecular complexity index is 1450. The van der Waals surface area contributed by atoms with Crippen LogP contribution in [-0.4, -0.2) is 4.70 Å². The van der Waals surface area contributed by atoms with E-state index in [1.165, 1.54) is 184 Å². The van der Waals surface area contributed by atoms with E-state index in [0.717, 1.165) is 56.3 Å². The van der Waals surface area contributed by atoms with Gasteiger partial charge in [0.15, 0.2) is 0 Å². The second kappa shape index (κ2) is 36.4. The van der Waals surface area contributed by atoms with Crippen LogP contribution in [0.4, 0.5) is 0 Å². The van der Waals surface area contributed by atoms with Crippen molar-refractivity contribution >= 4 is 11.4 Å². The predicted octanol–water partition coefficient (Wildman–Crippen LogP) is 19.3. The summed E-state index contributed by atoms with van der Waals surface area (Å²) in [6.07, 6.45) is 43.8. The van der Waals surface area contributed by atoms with Crippen LogP contribution in [0.15, 0.2) is 35.9 Å². The summed E-state index contributed by atoms with van der Waals surface area (Å²) in [6.45, 7) is 16.3. The van der Waals surface area contributed by atoms with Crippen molar-refractivity contribution in [1.29, 1.82) is 0 Å². The van der Waals surface area contributed by atoms with Gasteiger partial charge in [0.05, 0.1) is 0 Å². The van der Waals surface area contributed by atoms with Gasteiger partial charge >= 0.3 is 16.5 Å². The first-order valence-electron chi connectivity index (χ1n) is 25.7. The molecule has 2 nitrogen and oxygen atoms in total. The summed E-state index contributed by atoms with van der Waals surface area (Å²) in [5.41, 5.74) is 28.0. The Morgan fingerprint density at radius 1 is 0.361 bits per heavy atom. The average Bonchev–Trinajstić information content (AvgIpc) is 3.56. The molecule has 0 amide bonds. The molecule has 0 saturated carbocycles. The minimum Gasteiger partial charge on any atom is -0.493 e. The molecule has 0 atom stereocenters. The summed E-state index contributed by atoms with van der Waals surface area (Å²) in [4.78, 5) is 0. The first-order valence-corrected chi connectivity index (χ1v) is 25.7. The summed E-state index contributed by atoms with van der Waals surface area (Å²) in [5.74, 6) is 0. The van der Waals surface area contributed by atoms with Gasteiger partial charge in [-0.25, -0.2) is 4.70 Å². The van der Waals surface area contributed by atoms with Crippen LogP contribution in [0.3, 0.4) is 0 Å². The van der Waals surface area contributed by atoms with Crippen molar-refractivity contribution in [2.75, 3.05) is 0 Å². The van der Waals surface area contributed by atoms with Crippen LogP contribution < -0.4 is 0 Å². The smallest absolute Gasteiger partial charge is 0.493 e. The van der Waals surface area contributed by atoms with E-state index in [0.29, 0.717) is 0 Å². The third-order valence-corrected chi connectivity index (χ3v) is 13.1. The maximum absolute atomic E-state index is 12.6. The number of hydrogen-bond donors (Lipinski definition) is 0. The first kappa shape index (κ1) is 59.0. The molecule has 0 radical (unpaired) electrons. The van der Waals surface area contributed by atoms with Crippen LogP contribution in [0, 0.1) is 14.9 Å². The molecule has 0 saturated heterocycles.